The highest BCUT2D eigenvalue weighted by molar-refractivity contribution is 5.67. The summed E-state index contributed by atoms with van der Waals surface area (Å²) < 4.78 is 9.96. The van der Waals surface area contributed by atoms with E-state index in [-0.39, 0.29) is 24.7 Å². The summed E-state index contributed by atoms with van der Waals surface area (Å²) in [5, 5.41) is 18.5. The van der Waals surface area contributed by atoms with E-state index in [0.29, 0.717) is 11.1 Å². The number of carbonyl (C=O) groups excluding carboxylic acids is 1. The van der Waals surface area contributed by atoms with Crippen LogP contribution in [0.3, 0.4) is 0 Å². The van der Waals surface area contributed by atoms with Crippen LogP contribution in [0.15, 0.2) is 48.5 Å². The molecule has 0 heterocycles. The SMILES string of the molecule is O=C(Oc1cccc(CO[N+](=O)[O-])c1)Oc1cccc(CO[N+](=O)[O-])c1. The Kier molecular flexibility index (Phi) is 6.26. The second-order valence-corrected chi connectivity index (χ2v) is 4.74. The second-order valence-electron chi connectivity index (χ2n) is 4.74. The van der Waals surface area contributed by atoms with E-state index in [1.54, 1.807) is 12.1 Å². The molecule has 0 radical (unpaired) electrons. The van der Waals surface area contributed by atoms with Crippen molar-refractivity contribution in [3.05, 3.63) is 79.9 Å². The molecule has 11 heteroatoms. The number of carbonyl (C=O) groups is 1. The fourth-order valence-corrected chi connectivity index (χ4v) is 1.87. The first-order chi connectivity index (χ1) is 12.4. The van der Waals surface area contributed by atoms with Crippen LogP contribution in [0.4, 0.5) is 4.79 Å². The zero-order chi connectivity index (χ0) is 18.9. The molecule has 2 aromatic rings. The molecule has 0 bridgehead atoms. The van der Waals surface area contributed by atoms with Crippen LogP contribution in [0.1, 0.15) is 11.1 Å². The molecule has 2 rings (SSSR count). The van der Waals surface area contributed by atoms with E-state index in [0.717, 1.165) is 0 Å². The third-order valence-corrected chi connectivity index (χ3v) is 2.87. The van der Waals surface area contributed by atoms with Gasteiger partial charge in [-0.05, 0) is 35.4 Å². The van der Waals surface area contributed by atoms with Crippen LogP contribution < -0.4 is 9.47 Å². The number of benzene rings is 2. The predicted octanol–water partition coefficient (Wildman–Crippen LogP) is 2.68. The van der Waals surface area contributed by atoms with Crippen molar-refractivity contribution >= 4 is 6.16 Å². The largest absolute Gasteiger partial charge is 0.519 e. The van der Waals surface area contributed by atoms with Gasteiger partial charge in [0.25, 0.3) is 10.2 Å². The fourth-order valence-electron chi connectivity index (χ4n) is 1.87. The number of hydrogen-bond acceptors (Lipinski definition) is 9. The molecular formula is C15H12N2O9. The van der Waals surface area contributed by atoms with Crippen molar-refractivity contribution in [2.24, 2.45) is 0 Å². The van der Waals surface area contributed by atoms with Crippen molar-refractivity contribution in [2.75, 3.05) is 0 Å². The molecule has 0 aliphatic carbocycles. The van der Waals surface area contributed by atoms with Gasteiger partial charge in [0.2, 0.25) is 0 Å². The van der Waals surface area contributed by atoms with Gasteiger partial charge in [-0.1, -0.05) is 24.3 Å². The minimum Gasteiger partial charge on any atom is -0.395 e. The average molecular weight is 364 g/mol. The first-order valence-corrected chi connectivity index (χ1v) is 7.04. The topological polar surface area (TPSA) is 140 Å². The molecule has 0 atom stereocenters. The Morgan fingerprint density at radius 2 is 1.23 bits per heavy atom. The molecule has 0 saturated heterocycles. The lowest BCUT2D eigenvalue weighted by Gasteiger charge is -2.08. The molecule has 136 valence electrons. The zero-order valence-corrected chi connectivity index (χ0v) is 13.1. The van der Waals surface area contributed by atoms with Gasteiger partial charge < -0.3 is 19.1 Å². The lowest BCUT2D eigenvalue weighted by Crippen LogP contribution is -2.14. The third kappa shape index (κ3) is 6.31. The first-order valence-electron chi connectivity index (χ1n) is 7.04. The molecule has 0 aromatic heterocycles. The average Bonchev–Trinajstić information content (AvgIpc) is 2.59. The molecule has 26 heavy (non-hydrogen) atoms. The van der Waals surface area contributed by atoms with E-state index in [9.17, 15) is 25.0 Å². The summed E-state index contributed by atoms with van der Waals surface area (Å²) in [6.45, 7) is -0.588. The Balaban J connectivity index is 1.94. The molecular weight excluding hydrogens is 352 g/mol. The van der Waals surface area contributed by atoms with Gasteiger partial charge in [0.15, 0.2) is 0 Å². The number of rotatable bonds is 8. The second kappa shape index (κ2) is 8.82. The smallest absolute Gasteiger partial charge is 0.395 e. The third-order valence-electron chi connectivity index (χ3n) is 2.87. The molecule has 0 N–H and O–H groups in total. The van der Waals surface area contributed by atoms with Gasteiger partial charge in [-0.3, -0.25) is 0 Å². The molecule has 0 fully saturated rings. The highest BCUT2D eigenvalue weighted by Crippen LogP contribution is 2.18. The molecule has 0 aliphatic rings. The van der Waals surface area contributed by atoms with Gasteiger partial charge in [-0.2, -0.15) is 0 Å². The maximum Gasteiger partial charge on any atom is 0.519 e. The molecule has 2 aromatic carbocycles. The molecule has 0 aliphatic heterocycles. The van der Waals surface area contributed by atoms with Crippen LogP contribution >= 0.6 is 0 Å². The van der Waals surface area contributed by atoms with Crippen molar-refractivity contribution in [1.82, 2.24) is 0 Å². The van der Waals surface area contributed by atoms with Crippen molar-refractivity contribution in [1.29, 1.82) is 0 Å². The zero-order valence-electron chi connectivity index (χ0n) is 13.1. The lowest BCUT2D eigenvalue weighted by atomic mass is 10.2. The van der Waals surface area contributed by atoms with Crippen LogP contribution in [0.5, 0.6) is 11.5 Å². The standard InChI is InChI=1S/C15H12N2O9/c18-15(25-13-5-1-3-11(7-13)9-23-16(19)20)26-14-6-2-4-12(8-14)10-24-17(21)22/h1-8H,9-10H2. The van der Waals surface area contributed by atoms with E-state index in [1.807, 2.05) is 0 Å². The molecule has 11 nitrogen and oxygen atoms in total. The van der Waals surface area contributed by atoms with Crippen molar-refractivity contribution in [2.45, 2.75) is 13.2 Å². The Morgan fingerprint density at radius 3 is 1.62 bits per heavy atom. The van der Waals surface area contributed by atoms with E-state index < -0.39 is 16.3 Å². The molecule has 0 spiro atoms. The summed E-state index contributed by atoms with van der Waals surface area (Å²) in [6.07, 6.45) is -1.05. The van der Waals surface area contributed by atoms with E-state index in [1.165, 1.54) is 36.4 Å². The van der Waals surface area contributed by atoms with Gasteiger partial charge >= 0.3 is 6.16 Å². The van der Waals surface area contributed by atoms with Gasteiger partial charge in [0.05, 0.1) is 0 Å². The van der Waals surface area contributed by atoms with Crippen molar-refractivity contribution in [3.63, 3.8) is 0 Å². The minimum absolute atomic E-state index is 0.104. The summed E-state index contributed by atoms with van der Waals surface area (Å²) >= 11 is 0. The number of nitrogens with zero attached hydrogens (tertiary/aromatic N) is 2. The summed E-state index contributed by atoms with van der Waals surface area (Å²) in [5.41, 5.74) is 0.844. The van der Waals surface area contributed by atoms with Crippen LogP contribution in [0.25, 0.3) is 0 Å². The van der Waals surface area contributed by atoms with Crippen molar-refractivity contribution < 1.29 is 34.1 Å². The Bertz CT molecular complexity index is 744. The normalized spacial score (nSPS) is 9.85. The Labute approximate surface area is 145 Å². The monoisotopic (exact) mass is 364 g/mol. The maximum absolute atomic E-state index is 11.8. The first kappa shape index (κ1) is 18.4. The van der Waals surface area contributed by atoms with Gasteiger partial charge in [-0.15, -0.1) is 20.2 Å². The maximum atomic E-state index is 11.8. The molecule has 0 amide bonds. The van der Waals surface area contributed by atoms with Crippen LogP contribution in [0.2, 0.25) is 0 Å². The lowest BCUT2D eigenvalue weighted by molar-refractivity contribution is -0.763. The summed E-state index contributed by atoms with van der Waals surface area (Å²) in [5.74, 6) is 0.208. The van der Waals surface area contributed by atoms with Crippen molar-refractivity contribution in [3.8, 4) is 11.5 Å². The number of ether oxygens (including phenoxy) is 2. The summed E-state index contributed by atoms with van der Waals surface area (Å²) in [7, 11) is 0. The Morgan fingerprint density at radius 1 is 0.808 bits per heavy atom. The van der Waals surface area contributed by atoms with Gasteiger partial charge in [-0.25, -0.2) is 4.79 Å². The fraction of sp³-hybridized carbons (Fsp3) is 0.133. The molecule has 0 saturated carbocycles. The van der Waals surface area contributed by atoms with Crippen LogP contribution in [0, 0.1) is 20.2 Å². The molecule has 0 unspecified atom stereocenters. The summed E-state index contributed by atoms with van der Waals surface area (Å²) in [6, 6.07) is 11.8. The minimum atomic E-state index is -1.05. The van der Waals surface area contributed by atoms with E-state index in [2.05, 4.69) is 9.68 Å². The predicted molar refractivity (Wildman–Crippen MR) is 83.1 cm³/mol. The number of hydrogen-bond donors (Lipinski definition) is 0. The highest BCUT2D eigenvalue weighted by atomic mass is 17.0. The van der Waals surface area contributed by atoms with Crippen LogP contribution in [-0.4, -0.2) is 16.3 Å². The quantitative estimate of drug-likeness (QED) is 0.299. The van der Waals surface area contributed by atoms with Gasteiger partial charge in [0, 0.05) is 0 Å². The van der Waals surface area contributed by atoms with Crippen LogP contribution in [-0.2, 0) is 22.9 Å². The van der Waals surface area contributed by atoms with E-state index in [4.69, 9.17) is 9.47 Å². The highest BCUT2D eigenvalue weighted by Gasteiger charge is 2.10. The van der Waals surface area contributed by atoms with Gasteiger partial charge in [0.1, 0.15) is 24.7 Å². The van der Waals surface area contributed by atoms with E-state index >= 15 is 0 Å². The summed E-state index contributed by atoms with van der Waals surface area (Å²) in [4.78, 5) is 40.6. The Hall–Kier alpha value is -3.89.